The van der Waals surface area contributed by atoms with Crippen LogP contribution in [0.1, 0.15) is 21.5 Å². The van der Waals surface area contributed by atoms with E-state index in [1.165, 1.54) is 0 Å². The fourth-order valence-electron chi connectivity index (χ4n) is 2.33. The second-order valence-corrected chi connectivity index (χ2v) is 5.19. The number of carbonyl (C=O) groups excluding carboxylic acids is 1. The number of fused-ring (bicyclic) bond motifs is 1. The first-order chi connectivity index (χ1) is 9.65. The molecule has 0 amide bonds. The molecule has 0 radical (unpaired) electrons. The van der Waals surface area contributed by atoms with Crippen LogP contribution in [0.3, 0.4) is 0 Å². The standard InChI is InChI=1S/C17H12ClNO/c1-11-7-13(9-14(18)8-11)17(20)15-4-2-3-12-5-6-19-10-16(12)15/h2-10H,1H3. The van der Waals surface area contributed by atoms with Gasteiger partial charge in [-0.1, -0.05) is 29.8 Å². The summed E-state index contributed by atoms with van der Waals surface area (Å²) in [5.41, 5.74) is 2.22. The van der Waals surface area contributed by atoms with Gasteiger partial charge in [-0.2, -0.15) is 0 Å². The molecule has 3 rings (SSSR count). The lowest BCUT2D eigenvalue weighted by Crippen LogP contribution is -2.02. The third-order valence-corrected chi connectivity index (χ3v) is 3.45. The fraction of sp³-hybridized carbons (Fsp3) is 0.0588. The van der Waals surface area contributed by atoms with Crippen LogP contribution in [0.25, 0.3) is 10.8 Å². The predicted molar refractivity (Wildman–Crippen MR) is 81.4 cm³/mol. The van der Waals surface area contributed by atoms with Crippen LogP contribution in [-0.4, -0.2) is 10.8 Å². The van der Waals surface area contributed by atoms with Gasteiger partial charge in [0.05, 0.1) is 0 Å². The van der Waals surface area contributed by atoms with Gasteiger partial charge < -0.3 is 0 Å². The molecule has 0 N–H and O–H groups in total. The SMILES string of the molecule is Cc1cc(Cl)cc(C(=O)c2cccc3ccncc23)c1. The molecular formula is C17H12ClNO. The summed E-state index contributed by atoms with van der Waals surface area (Å²) in [5.74, 6) is -0.0331. The molecule has 20 heavy (non-hydrogen) atoms. The Labute approximate surface area is 122 Å². The minimum absolute atomic E-state index is 0.0331. The highest BCUT2D eigenvalue weighted by atomic mass is 35.5. The highest BCUT2D eigenvalue weighted by molar-refractivity contribution is 6.31. The Morgan fingerprint density at radius 3 is 2.80 bits per heavy atom. The zero-order chi connectivity index (χ0) is 14.1. The highest BCUT2D eigenvalue weighted by Gasteiger charge is 2.13. The molecule has 0 aliphatic rings. The molecule has 0 aliphatic carbocycles. The molecule has 3 aromatic rings. The normalized spacial score (nSPS) is 10.7. The Balaban J connectivity index is 2.17. The molecular weight excluding hydrogens is 270 g/mol. The summed E-state index contributed by atoms with van der Waals surface area (Å²) >= 11 is 6.04. The van der Waals surface area contributed by atoms with Gasteiger partial charge in [-0.25, -0.2) is 0 Å². The van der Waals surface area contributed by atoms with Crippen LogP contribution < -0.4 is 0 Å². The van der Waals surface area contributed by atoms with Gasteiger partial charge >= 0.3 is 0 Å². The third kappa shape index (κ3) is 2.30. The van der Waals surface area contributed by atoms with Gasteiger partial charge in [0.25, 0.3) is 0 Å². The lowest BCUT2D eigenvalue weighted by atomic mass is 9.97. The Kier molecular flexibility index (Phi) is 3.25. The second-order valence-electron chi connectivity index (χ2n) is 4.75. The van der Waals surface area contributed by atoms with Crippen molar-refractivity contribution < 1.29 is 4.79 Å². The Hall–Kier alpha value is -2.19. The largest absolute Gasteiger partial charge is 0.289 e. The minimum atomic E-state index is -0.0331. The zero-order valence-electron chi connectivity index (χ0n) is 10.9. The van der Waals surface area contributed by atoms with Crippen molar-refractivity contribution >= 4 is 28.2 Å². The number of hydrogen-bond donors (Lipinski definition) is 0. The fourth-order valence-corrected chi connectivity index (χ4v) is 2.62. The number of ketones is 1. The number of pyridine rings is 1. The van der Waals surface area contributed by atoms with Crippen LogP contribution in [0.2, 0.25) is 5.02 Å². The van der Waals surface area contributed by atoms with E-state index in [4.69, 9.17) is 11.6 Å². The van der Waals surface area contributed by atoms with E-state index < -0.39 is 0 Å². The summed E-state index contributed by atoms with van der Waals surface area (Å²) in [6.45, 7) is 1.92. The average Bonchev–Trinajstić information content (AvgIpc) is 2.45. The maximum atomic E-state index is 12.7. The van der Waals surface area contributed by atoms with Crippen molar-refractivity contribution in [3.63, 3.8) is 0 Å². The molecule has 1 heterocycles. The molecule has 2 nitrogen and oxygen atoms in total. The lowest BCUT2D eigenvalue weighted by molar-refractivity contribution is 0.104. The minimum Gasteiger partial charge on any atom is -0.289 e. The Morgan fingerprint density at radius 1 is 1.15 bits per heavy atom. The first-order valence-electron chi connectivity index (χ1n) is 6.30. The van der Waals surface area contributed by atoms with Gasteiger partial charge in [-0.15, -0.1) is 0 Å². The first-order valence-corrected chi connectivity index (χ1v) is 6.67. The van der Waals surface area contributed by atoms with E-state index >= 15 is 0 Å². The summed E-state index contributed by atoms with van der Waals surface area (Å²) in [4.78, 5) is 16.8. The van der Waals surface area contributed by atoms with Crippen LogP contribution >= 0.6 is 11.6 Å². The number of aromatic nitrogens is 1. The van der Waals surface area contributed by atoms with E-state index in [-0.39, 0.29) is 5.78 Å². The van der Waals surface area contributed by atoms with Crippen LogP contribution in [0.15, 0.2) is 54.9 Å². The van der Waals surface area contributed by atoms with Crippen LogP contribution in [0.5, 0.6) is 0 Å². The van der Waals surface area contributed by atoms with Crippen LogP contribution in [0, 0.1) is 6.92 Å². The second kappa shape index (κ2) is 5.06. The van der Waals surface area contributed by atoms with Gasteiger partial charge in [-0.3, -0.25) is 9.78 Å². The average molecular weight is 282 g/mol. The summed E-state index contributed by atoms with van der Waals surface area (Å²) in [6.07, 6.45) is 3.44. The molecule has 0 aliphatic heterocycles. The van der Waals surface area contributed by atoms with Crippen molar-refractivity contribution in [2.45, 2.75) is 6.92 Å². The molecule has 98 valence electrons. The number of aryl methyl sites for hydroxylation is 1. The van der Waals surface area contributed by atoms with Crippen molar-refractivity contribution in [3.8, 4) is 0 Å². The number of rotatable bonds is 2. The van der Waals surface area contributed by atoms with E-state index in [0.29, 0.717) is 16.1 Å². The van der Waals surface area contributed by atoms with E-state index in [1.807, 2.05) is 43.3 Å². The summed E-state index contributed by atoms with van der Waals surface area (Å²) < 4.78 is 0. The van der Waals surface area contributed by atoms with Crippen molar-refractivity contribution in [3.05, 3.63) is 76.6 Å². The van der Waals surface area contributed by atoms with Crippen molar-refractivity contribution in [1.82, 2.24) is 4.98 Å². The molecule has 0 bridgehead atoms. The Morgan fingerprint density at radius 2 is 2.00 bits per heavy atom. The zero-order valence-corrected chi connectivity index (χ0v) is 11.7. The number of benzene rings is 2. The smallest absolute Gasteiger partial charge is 0.193 e. The third-order valence-electron chi connectivity index (χ3n) is 3.23. The molecule has 0 atom stereocenters. The van der Waals surface area contributed by atoms with E-state index in [9.17, 15) is 4.79 Å². The summed E-state index contributed by atoms with van der Waals surface area (Å²) in [6, 6.07) is 13.0. The number of carbonyl (C=O) groups is 1. The van der Waals surface area contributed by atoms with E-state index in [1.54, 1.807) is 18.5 Å². The van der Waals surface area contributed by atoms with Gasteiger partial charge in [0.2, 0.25) is 0 Å². The van der Waals surface area contributed by atoms with Crippen LogP contribution in [-0.2, 0) is 0 Å². The summed E-state index contributed by atoms with van der Waals surface area (Å²) in [5, 5.41) is 2.44. The number of nitrogens with zero attached hydrogens (tertiary/aromatic N) is 1. The van der Waals surface area contributed by atoms with Gasteiger partial charge in [0, 0.05) is 33.9 Å². The first kappa shape index (κ1) is 12.8. The molecule has 0 unspecified atom stereocenters. The maximum Gasteiger partial charge on any atom is 0.193 e. The molecule has 0 saturated heterocycles. The Bertz CT molecular complexity index is 785. The monoisotopic (exact) mass is 281 g/mol. The number of hydrogen-bond acceptors (Lipinski definition) is 2. The van der Waals surface area contributed by atoms with Crippen molar-refractivity contribution in [1.29, 1.82) is 0 Å². The quantitative estimate of drug-likeness (QED) is 0.651. The van der Waals surface area contributed by atoms with E-state index in [0.717, 1.165) is 16.3 Å². The highest BCUT2D eigenvalue weighted by Crippen LogP contribution is 2.22. The maximum absolute atomic E-state index is 12.7. The van der Waals surface area contributed by atoms with E-state index in [2.05, 4.69) is 4.98 Å². The van der Waals surface area contributed by atoms with Crippen LogP contribution in [0.4, 0.5) is 0 Å². The number of halogens is 1. The molecule has 0 spiro atoms. The van der Waals surface area contributed by atoms with Gasteiger partial charge in [0.1, 0.15) is 0 Å². The molecule has 0 fully saturated rings. The van der Waals surface area contributed by atoms with Crippen molar-refractivity contribution in [2.75, 3.05) is 0 Å². The topological polar surface area (TPSA) is 30.0 Å². The molecule has 2 aromatic carbocycles. The predicted octanol–water partition coefficient (Wildman–Crippen LogP) is 4.43. The summed E-state index contributed by atoms with van der Waals surface area (Å²) in [7, 11) is 0. The molecule has 1 aromatic heterocycles. The van der Waals surface area contributed by atoms with Gasteiger partial charge in [-0.05, 0) is 42.1 Å². The van der Waals surface area contributed by atoms with Gasteiger partial charge in [0.15, 0.2) is 5.78 Å². The lowest BCUT2D eigenvalue weighted by Gasteiger charge is -2.07. The van der Waals surface area contributed by atoms with Crippen molar-refractivity contribution in [2.24, 2.45) is 0 Å². The molecule has 3 heteroatoms. The molecule has 0 saturated carbocycles.